The van der Waals surface area contributed by atoms with E-state index in [0.29, 0.717) is 19.4 Å². The predicted octanol–water partition coefficient (Wildman–Crippen LogP) is 5.20. The average Bonchev–Trinajstić information content (AvgIpc) is 3.34. The topological polar surface area (TPSA) is 177 Å². The van der Waals surface area contributed by atoms with Gasteiger partial charge in [0.25, 0.3) is 0 Å². The van der Waals surface area contributed by atoms with Crippen molar-refractivity contribution in [3.05, 3.63) is 35.1 Å². The van der Waals surface area contributed by atoms with E-state index in [9.17, 15) is 24.0 Å². The van der Waals surface area contributed by atoms with Crippen molar-refractivity contribution in [3.63, 3.8) is 0 Å². The van der Waals surface area contributed by atoms with Crippen molar-refractivity contribution in [2.24, 2.45) is 0 Å². The fourth-order valence-electron chi connectivity index (χ4n) is 7.64. The normalized spacial score (nSPS) is 24.4. The fraction of sp³-hybridized carbons (Fsp3) is 0.658. The molecule has 292 valence electrons. The van der Waals surface area contributed by atoms with Crippen molar-refractivity contribution in [1.29, 1.82) is 0 Å². The molecule has 0 aromatic heterocycles. The van der Waals surface area contributed by atoms with Crippen LogP contribution in [-0.4, -0.2) is 96.4 Å². The maximum atomic E-state index is 13.8. The maximum absolute atomic E-state index is 13.8. The summed E-state index contributed by atoms with van der Waals surface area (Å²) in [6, 6.07) is 3.23. The van der Waals surface area contributed by atoms with E-state index in [1.165, 1.54) is 0 Å². The molecule has 0 unspecified atom stereocenters. The number of carbonyl (C=O) groups excluding carboxylic acids is 5. The van der Waals surface area contributed by atoms with Crippen LogP contribution in [0, 0.1) is 0 Å². The van der Waals surface area contributed by atoms with Crippen LogP contribution in [0.3, 0.4) is 0 Å². The van der Waals surface area contributed by atoms with Crippen LogP contribution in [0.2, 0.25) is 0 Å². The van der Waals surface area contributed by atoms with Gasteiger partial charge in [-0.15, -0.1) is 0 Å². The molecule has 0 saturated carbocycles. The summed E-state index contributed by atoms with van der Waals surface area (Å²) in [7, 11) is 1.98. The van der Waals surface area contributed by atoms with E-state index in [1.807, 2.05) is 13.1 Å². The first-order valence-electron chi connectivity index (χ1n) is 18.0. The van der Waals surface area contributed by atoms with Crippen molar-refractivity contribution in [1.82, 2.24) is 15.5 Å². The number of piperidine rings is 1. The molecule has 2 N–H and O–H groups in total. The molecule has 53 heavy (non-hydrogen) atoms. The Labute approximate surface area is 310 Å². The lowest BCUT2D eigenvalue weighted by molar-refractivity contribution is -0.206. The molecule has 1 saturated heterocycles. The number of likely N-dealkylation sites (tertiary alicyclic amines) is 1. The number of likely N-dealkylation sites (N-methyl/N-ethyl adjacent to an activating group) is 1. The maximum Gasteiger partial charge on any atom is 0.514 e. The molecule has 1 spiro atoms. The van der Waals surface area contributed by atoms with Gasteiger partial charge in [0.1, 0.15) is 28.2 Å². The largest absolute Gasteiger partial charge is 0.514 e. The summed E-state index contributed by atoms with van der Waals surface area (Å²) in [4.78, 5) is 66.5. The highest BCUT2D eigenvalue weighted by Crippen LogP contribution is 2.66. The minimum Gasteiger partial charge on any atom is -0.477 e. The van der Waals surface area contributed by atoms with Gasteiger partial charge in [0.15, 0.2) is 17.6 Å². The third kappa shape index (κ3) is 8.50. The lowest BCUT2D eigenvalue weighted by Gasteiger charge is -2.62. The zero-order valence-corrected chi connectivity index (χ0v) is 32.4. The molecular formula is C38H53N3O12. The van der Waals surface area contributed by atoms with Crippen LogP contribution in [0.15, 0.2) is 24.0 Å². The highest BCUT2D eigenvalue weighted by atomic mass is 16.7. The Kier molecular flexibility index (Phi) is 10.8. The number of ether oxygens (including phenoxy) is 7. The van der Waals surface area contributed by atoms with Gasteiger partial charge in [-0.1, -0.05) is 6.07 Å². The Hall–Kier alpha value is -4.53. The summed E-state index contributed by atoms with van der Waals surface area (Å²) in [6.45, 7) is 16.2. The Morgan fingerprint density at radius 2 is 1.42 bits per heavy atom. The van der Waals surface area contributed by atoms with E-state index in [2.05, 4.69) is 15.5 Å². The number of rotatable bonds is 9. The molecule has 15 heteroatoms. The van der Waals surface area contributed by atoms with Crippen molar-refractivity contribution in [2.75, 3.05) is 26.7 Å². The van der Waals surface area contributed by atoms with Gasteiger partial charge in [-0.2, -0.15) is 0 Å². The Morgan fingerprint density at radius 1 is 0.830 bits per heavy atom. The van der Waals surface area contributed by atoms with Gasteiger partial charge in [-0.25, -0.2) is 14.4 Å². The van der Waals surface area contributed by atoms with Gasteiger partial charge in [-0.3, -0.25) is 14.5 Å². The Morgan fingerprint density at radius 3 is 2.00 bits per heavy atom. The van der Waals surface area contributed by atoms with E-state index < -0.39 is 64.2 Å². The third-order valence-electron chi connectivity index (χ3n) is 9.40. The Bertz CT molecular complexity index is 1670. The second kappa shape index (κ2) is 14.4. The van der Waals surface area contributed by atoms with Gasteiger partial charge < -0.3 is 43.8 Å². The lowest BCUT2D eigenvalue weighted by atomic mass is 9.50. The predicted molar refractivity (Wildman–Crippen MR) is 189 cm³/mol. The SMILES string of the molecule is CN1CC[C@]23c4c5ccc(OC(=O)OC(C)(C)C)c4O[C@H]2C(OC(=O)CCNC(=O)OC(C)(C)C)=CC[C@@]3(OC(=O)CCNC(=O)OC(C)(C)C)[C@@H]1C5. The second-order valence-electron chi connectivity index (χ2n) is 16.9. The number of benzene rings is 1. The third-order valence-corrected chi connectivity index (χ3v) is 9.40. The summed E-state index contributed by atoms with van der Waals surface area (Å²) in [6.07, 6.45) is -0.622. The highest BCUT2D eigenvalue weighted by Gasteiger charge is 2.74. The number of esters is 2. The van der Waals surface area contributed by atoms with Gasteiger partial charge in [-0.05, 0) is 106 Å². The second-order valence-corrected chi connectivity index (χ2v) is 16.9. The zero-order valence-electron chi connectivity index (χ0n) is 32.4. The van der Waals surface area contributed by atoms with Crippen LogP contribution >= 0.6 is 0 Å². The van der Waals surface area contributed by atoms with E-state index in [4.69, 9.17) is 33.2 Å². The molecule has 15 nitrogen and oxygen atoms in total. The minimum atomic E-state index is -1.19. The van der Waals surface area contributed by atoms with Gasteiger partial charge in [0.05, 0.1) is 24.3 Å². The van der Waals surface area contributed by atoms with E-state index in [-0.39, 0.29) is 55.7 Å². The fourth-order valence-corrected chi connectivity index (χ4v) is 7.64. The van der Waals surface area contributed by atoms with Gasteiger partial charge in [0.2, 0.25) is 0 Å². The van der Waals surface area contributed by atoms with Crippen LogP contribution in [0.4, 0.5) is 14.4 Å². The number of nitrogens with one attached hydrogen (secondary N) is 2. The highest BCUT2D eigenvalue weighted by molar-refractivity contribution is 5.76. The molecule has 1 aromatic carbocycles. The van der Waals surface area contributed by atoms with Crippen molar-refractivity contribution in [2.45, 2.75) is 134 Å². The molecule has 2 heterocycles. The van der Waals surface area contributed by atoms with E-state index in [0.717, 1.165) is 11.1 Å². The number of nitrogens with zero attached hydrogens (tertiary/aromatic N) is 1. The molecule has 5 rings (SSSR count). The molecule has 1 fully saturated rings. The summed E-state index contributed by atoms with van der Waals surface area (Å²) in [5.41, 5.74) is -2.81. The Balaban J connectivity index is 1.47. The summed E-state index contributed by atoms with van der Waals surface area (Å²) < 4.78 is 41.0. The quantitative estimate of drug-likeness (QED) is 0.192. The lowest BCUT2D eigenvalue weighted by Crippen LogP contribution is -2.75. The van der Waals surface area contributed by atoms with Crippen LogP contribution in [-0.2, 0) is 45.1 Å². The molecule has 2 amide bonds. The number of alkyl carbamates (subject to hydrolysis) is 2. The monoisotopic (exact) mass is 743 g/mol. The van der Waals surface area contributed by atoms with Crippen LogP contribution in [0.25, 0.3) is 0 Å². The molecule has 0 radical (unpaired) electrons. The first kappa shape index (κ1) is 39.7. The van der Waals surface area contributed by atoms with Gasteiger partial charge in [0, 0.05) is 25.1 Å². The standard InChI is InChI=1S/C38H53N3O12/c1-34(2,3)51-31(44)39-18-14-26(42)47-24-13-16-38(50-27(43)15-19-40-32(45)52-35(4,5)6)25-21-22-11-12-23(48-33(46)53-36(7,8)9)29-28(22)37(38,30(24)49-29)17-20-41(25)10/h11-13,25,30H,14-21H2,1-10H3,(H,39,44)(H,40,45)/t25-,30-,37-,38+/m0/s1. The molecule has 2 bridgehead atoms. The first-order chi connectivity index (χ1) is 24.5. The molecular weight excluding hydrogens is 690 g/mol. The minimum absolute atomic E-state index is 0.0109. The molecule has 4 atom stereocenters. The van der Waals surface area contributed by atoms with Crippen LogP contribution in [0.1, 0.15) is 99.1 Å². The van der Waals surface area contributed by atoms with Crippen molar-refractivity contribution in [3.8, 4) is 11.5 Å². The number of hydrogen-bond donors (Lipinski definition) is 2. The zero-order chi connectivity index (χ0) is 39.1. The summed E-state index contributed by atoms with van der Waals surface area (Å²) in [5.74, 6) is -0.538. The molecule has 2 aliphatic heterocycles. The van der Waals surface area contributed by atoms with E-state index >= 15 is 0 Å². The van der Waals surface area contributed by atoms with Crippen LogP contribution in [0.5, 0.6) is 11.5 Å². The molecule has 1 aromatic rings. The number of hydrogen-bond acceptors (Lipinski definition) is 13. The number of carbonyl (C=O) groups is 5. The average molecular weight is 744 g/mol. The van der Waals surface area contributed by atoms with Crippen LogP contribution < -0.4 is 20.1 Å². The molecule has 2 aliphatic carbocycles. The van der Waals surface area contributed by atoms with Crippen molar-refractivity contribution < 1.29 is 57.1 Å². The summed E-state index contributed by atoms with van der Waals surface area (Å²) in [5, 5.41) is 5.18. The summed E-state index contributed by atoms with van der Waals surface area (Å²) >= 11 is 0. The smallest absolute Gasteiger partial charge is 0.477 e. The van der Waals surface area contributed by atoms with E-state index in [1.54, 1.807) is 74.5 Å². The van der Waals surface area contributed by atoms with Gasteiger partial charge >= 0.3 is 30.3 Å². The van der Waals surface area contributed by atoms with Crippen molar-refractivity contribution >= 4 is 30.3 Å². The number of amides is 2. The molecule has 4 aliphatic rings. The first-order valence-corrected chi connectivity index (χ1v) is 18.0.